The first-order chi connectivity index (χ1) is 15.1. The summed E-state index contributed by atoms with van der Waals surface area (Å²) in [5, 5.41) is 11.0. The van der Waals surface area contributed by atoms with Gasteiger partial charge in [0, 0.05) is 45.6 Å². The largest absolute Gasteiger partial charge is 0.363 e. The lowest BCUT2D eigenvalue weighted by atomic mass is 10.1. The Bertz CT molecular complexity index is 710. The van der Waals surface area contributed by atoms with Crippen molar-refractivity contribution in [2.45, 2.75) is 32.2 Å². The summed E-state index contributed by atoms with van der Waals surface area (Å²) >= 11 is 0. The summed E-state index contributed by atoms with van der Waals surface area (Å²) in [6.07, 6.45) is 2.36. The van der Waals surface area contributed by atoms with Gasteiger partial charge in [0.05, 0.1) is 5.56 Å². The number of carbonyl (C=O) groups excluding carboxylic acids is 3. The molecule has 0 spiro atoms. The zero-order chi connectivity index (χ0) is 21.9. The van der Waals surface area contributed by atoms with Crippen molar-refractivity contribution in [1.82, 2.24) is 25.9 Å². The lowest BCUT2D eigenvalue weighted by Crippen LogP contribution is -2.36. The van der Waals surface area contributed by atoms with Crippen LogP contribution in [0.3, 0.4) is 0 Å². The smallest absolute Gasteiger partial charge is 0.325 e. The number of amides is 2. The van der Waals surface area contributed by atoms with E-state index in [-0.39, 0.29) is 12.8 Å². The highest BCUT2D eigenvalue weighted by molar-refractivity contribution is 6.02. The Morgan fingerprint density at radius 3 is 2.10 bits per heavy atom. The van der Waals surface area contributed by atoms with E-state index in [1.807, 2.05) is 12.1 Å². The van der Waals surface area contributed by atoms with Crippen LogP contribution in [0.15, 0.2) is 24.3 Å². The van der Waals surface area contributed by atoms with E-state index in [0.717, 1.165) is 77.3 Å². The van der Waals surface area contributed by atoms with Crippen molar-refractivity contribution >= 4 is 17.8 Å². The standard InChI is InChI=1S/C22H33N5O4/c28-20-7-8-21(29)27(20)31-22(30)19-5-3-18(4-6-19)17-26-15-2-11-24-13-12-23-9-1-10-25-14-16-26/h3-6,23-25H,1-2,7-17H2. The number of benzene rings is 1. The predicted molar refractivity (Wildman–Crippen MR) is 116 cm³/mol. The maximum absolute atomic E-state index is 12.3. The molecule has 170 valence electrons. The number of imide groups is 1. The molecule has 0 atom stereocenters. The van der Waals surface area contributed by atoms with E-state index >= 15 is 0 Å². The molecule has 9 nitrogen and oxygen atoms in total. The molecular formula is C22H33N5O4. The molecule has 0 saturated carbocycles. The van der Waals surface area contributed by atoms with Crippen LogP contribution in [-0.2, 0) is 21.0 Å². The Hall–Kier alpha value is -2.33. The Balaban J connectivity index is 1.51. The van der Waals surface area contributed by atoms with Crippen LogP contribution in [0.1, 0.15) is 41.6 Å². The molecule has 9 heteroatoms. The fraction of sp³-hybridized carbons (Fsp3) is 0.591. The quantitative estimate of drug-likeness (QED) is 0.584. The minimum Gasteiger partial charge on any atom is -0.325 e. The molecule has 1 aromatic rings. The van der Waals surface area contributed by atoms with Gasteiger partial charge in [0.15, 0.2) is 0 Å². The SMILES string of the molecule is O=C(ON1C(=O)CCC1=O)c1ccc(CN2CCCNCCNCCCNCC2)cc1. The van der Waals surface area contributed by atoms with E-state index in [1.54, 1.807) is 12.1 Å². The molecule has 0 radical (unpaired) electrons. The van der Waals surface area contributed by atoms with Gasteiger partial charge < -0.3 is 20.8 Å². The van der Waals surface area contributed by atoms with Gasteiger partial charge in [0.25, 0.3) is 11.8 Å². The summed E-state index contributed by atoms with van der Waals surface area (Å²) in [7, 11) is 0. The maximum atomic E-state index is 12.3. The topological polar surface area (TPSA) is 103 Å². The third-order valence-electron chi connectivity index (χ3n) is 5.39. The van der Waals surface area contributed by atoms with E-state index in [9.17, 15) is 14.4 Å². The summed E-state index contributed by atoms with van der Waals surface area (Å²) in [5.41, 5.74) is 1.42. The van der Waals surface area contributed by atoms with Crippen molar-refractivity contribution in [3.05, 3.63) is 35.4 Å². The molecule has 0 aliphatic carbocycles. The van der Waals surface area contributed by atoms with Crippen molar-refractivity contribution in [3.63, 3.8) is 0 Å². The minimum absolute atomic E-state index is 0.0855. The van der Waals surface area contributed by atoms with E-state index in [0.29, 0.717) is 10.6 Å². The molecule has 2 saturated heterocycles. The molecule has 2 heterocycles. The van der Waals surface area contributed by atoms with Crippen LogP contribution in [-0.4, -0.2) is 80.1 Å². The fourth-order valence-corrected chi connectivity index (χ4v) is 3.62. The average Bonchev–Trinajstić information content (AvgIpc) is 3.09. The molecular weight excluding hydrogens is 398 g/mol. The predicted octanol–water partition coefficient (Wildman–Crippen LogP) is 0.272. The Labute approximate surface area is 183 Å². The number of hydrogen-bond acceptors (Lipinski definition) is 8. The first kappa shape index (κ1) is 23.3. The van der Waals surface area contributed by atoms with Gasteiger partial charge in [-0.25, -0.2) is 4.79 Å². The van der Waals surface area contributed by atoms with Crippen LogP contribution in [0.25, 0.3) is 0 Å². The van der Waals surface area contributed by atoms with Crippen LogP contribution in [0.4, 0.5) is 0 Å². The van der Waals surface area contributed by atoms with Gasteiger partial charge in [-0.1, -0.05) is 12.1 Å². The van der Waals surface area contributed by atoms with Gasteiger partial charge in [0.2, 0.25) is 0 Å². The van der Waals surface area contributed by atoms with Gasteiger partial charge in [0.1, 0.15) is 0 Å². The summed E-state index contributed by atoms with van der Waals surface area (Å²) in [6, 6.07) is 7.15. The number of rotatable bonds is 4. The first-order valence-electron chi connectivity index (χ1n) is 11.1. The van der Waals surface area contributed by atoms with E-state index in [1.165, 1.54) is 0 Å². The molecule has 2 aliphatic rings. The maximum Gasteiger partial charge on any atom is 0.363 e. The Morgan fingerprint density at radius 2 is 1.42 bits per heavy atom. The molecule has 2 fully saturated rings. The summed E-state index contributed by atoms with van der Waals surface area (Å²) < 4.78 is 0. The monoisotopic (exact) mass is 431 g/mol. The average molecular weight is 432 g/mol. The molecule has 31 heavy (non-hydrogen) atoms. The molecule has 0 bridgehead atoms. The number of hydroxylamine groups is 2. The van der Waals surface area contributed by atoms with Crippen molar-refractivity contribution in [2.24, 2.45) is 0 Å². The lowest BCUT2D eigenvalue weighted by molar-refractivity contribution is -0.172. The third-order valence-corrected chi connectivity index (χ3v) is 5.39. The molecule has 2 amide bonds. The number of nitrogens with one attached hydrogen (secondary N) is 3. The van der Waals surface area contributed by atoms with Crippen LogP contribution in [0.2, 0.25) is 0 Å². The fourth-order valence-electron chi connectivity index (χ4n) is 3.62. The normalized spacial score (nSPS) is 20.5. The number of hydrogen-bond donors (Lipinski definition) is 3. The minimum atomic E-state index is -0.696. The summed E-state index contributed by atoms with van der Waals surface area (Å²) in [4.78, 5) is 42.9. The van der Waals surface area contributed by atoms with Gasteiger partial charge >= 0.3 is 5.97 Å². The second-order valence-electron chi connectivity index (χ2n) is 7.89. The molecule has 2 aliphatic heterocycles. The van der Waals surface area contributed by atoms with Gasteiger partial charge in [-0.05, 0) is 56.7 Å². The van der Waals surface area contributed by atoms with Gasteiger partial charge in [-0.3, -0.25) is 14.5 Å². The third kappa shape index (κ3) is 7.70. The zero-order valence-electron chi connectivity index (χ0n) is 18.0. The van der Waals surface area contributed by atoms with E-state index in [4.69, 9.17) is 4.84 Å². The molecule has 0 aromatic heterocycles. The van der Waals surface area contributed by atoms with Crippen molar-refractivity contribution < 1.29 is 19.2 Å². The van der Waals surface area contributed by atoms with Gasteiger partial charge in [-0.2, -0.15) is 0 Å². The van der Waals surface area contributed by atoms with Crippen molar-refractivity contribution in [1.29, 1.82) is 0 Å². The number of nitrogens with zero attached hydrogens (tertiary/aromatic N) is 2. The van der Waals surface area contributed by atoms with Crippen LogP contribution < -0.4 is 16.0 Å². The zero-order valence-corrected chi connectivity index (χ0v) is 18.0. The molecule has 3 rings (SSSR count). The van der Waals surface area contributed by atoms with E-state index in [2.05, 4.69) is 20.9 Å². The second kappa shape index (κ2) is 12.5. The van der Waals surface area contributed by atoms with Gasteiger partial charge in [-0.15, -0.1) is 5.06 Å². The first-order valence-corrected chi connectivity index (χ1v) is 11.1. The summed E-state index contributed by atoms with van der Waals surface area (Å²) in [5.74, 6) is -1.65. The summed E-state index contributed by atoms with van der Waals surface area (Å²) in [6.45, 7) is 8.70. The van der Waals surface area contributed by atoms with Crippen LogP contribution in [0.5, 0.6) is 0 Å². The van der Waals surface area contributed by atoms with Crippen LogP contribution >= 0.6 is 0 Å². The van der Waals surface area contributed by atoms with Crippen molar-refractivity contribution in [3.8, 4) is 0 Å². The highest BCUT2D eigenvalue weighted by atomic mass is 16.7. The Kier molecular flexibility index (Phi) is 9.41. The second-order valence-corrected chi connectivity index (χ2v) is 7.89. The number of carbonyl (C=O) groups is 3. The highest BCUT2D eigenvalue weighted by Crippen LogP contribution is 2.15. The molecule has 1 aromatic carbocycles. The molecule has 3 N–H and O–H groups in total. The molecule has 0 unspecified atom stereocenters. The van der Waals surface area contributed by atoms with Crippen LogP contribution in [0, 0.1) is 0 Å². The highest BCUT2D eigenvalue weighted by Gasteiger charge is 2.33. The lowest BCUT2D eigenvalue weighted by Gasteiger charge is -2.23. The Morgan fingerprint density at radius 1 is 0.806 bits per heavy atom. The van der Waals surface area contributed by atoms with Crippen molar-refractivity contribution in [2.75, 3.05) is 52.4 Å². The van der Waals surface area contributed by atoms with E-state index < -0.39 is 17.8 Å².